The third-order valence-electron chi connectivity index (χ3n) is 3.24. The van der Waals surface area contributed by atoms with Crippen LogP contribution in [0.1, 0.15) is 23.2 Å². The summed E-state index contributed by atoms with van der Waals surface area (Å²) in [5.41, 5.74) is 0.543. The maximum atomic E-state index is 12.4. The van der Waals surface area contributed by atoms with Gasteiger partial charge in [-0.15, -0.1) is 0 Å². The number of rotatable bonds is 3. The Balaban J connectivity index is 2.28. The zero-order valence-corrected chi connectivity index (χ0v) is 11.8. The molecule has 2 rings (SSSR count). The van der Waals surface area contributed by atoms with E-state index >= 15 is 0 Å². The van der Waals surface area contributed by atoms with E-state index in [1.807, 2.05) is 6.07 Å². The fourth-order valence-corrected chi connectivity index (χ4v) is 2.63. The average molecular weight is 314 g/mol. The molecule has 1 atom stereocenters. The van der Waals surface area contributed by atoms with Crippen molar-refractivity contribution >= 4 is 21.8 Å². The van der Waals surface area contributed by atoms with Crippen LogP contribution >= 0.6 is 15.9 Å². The van der Waals surface area contributed by atoms with Crippen LogP contribution in [0.2, 0.25) is 0 Å². The zero-order chi connectivity index (χ0) is 13.1. The van der Waals surface area contributed by atoms with Crippen LogP contribution in [-0.4, -0.2) is 42.2 Å². The molecule has 1 N–H and O–H groups in total. The summed E-state index contributed by atoms with van der Waals surface area (Å²) in [5.74, 6) is 0.480. The van der Waals surface area contributed by atoms with Crippen molar-refractivity contribution in [2.45, 2.75) is 18.9 Å². The van der Waals surface area contributed by atoms with Gasteiger partial charge in [-0.2, -0.15) is 0 Å². The molecule has 1 aliphatic heterocycles. The van der Waals surface area contributed by atoms with Crippen LogP contribution in [0.4, 0.5) is 0 Å². The second-order valence-electron chi connectivity index (χ2n) is 4.32. The highest BCUT2D eigenvalue weighted by atomic mass is 79.9. The highest BCUT2D eigenvalue weighted by molar-refractivity contribution is 9.10. The molecule has 0 aromatic heterocycles. The second-order valence-corrected chi connectivity index (χ2v) is 5.24. The number of benzene rings is 1. The maximum absolute atomic E-state index is 12.4. The van der Waals surface area contributed by atoms with E-state index in [4.69, 9.17) is 4.74 Å². The van der Waals surface area contributed by atoms with Gasteiger partial charge in [0.15, 0.2) is 0 Å². The Labute approximate surface area is 115 Å². The van der Waals surface area contributed by atoms with E-state index in [9.17, 15) is 9.90 Å². The molecule has 1 aromatic rings. The summed E-state index contributed by atoms with van der Waals surface area (Å²) >= 11 is 3.35. The lowest BCUT2D eigenvalue weighted by Gasteiger charge is -2.23. The molecule has 1 fully saturated rings. The molecule has 0 aliphatic carbocycles. The molecule has 1 unspecified atom stereocenters. The summed E-state index contributed by atoms with van der Waals surface area (Å²) in [6, 6.07) is 5.28. The molecule has 5 heteroatoms. The molecular weight excluding hydrogens is 298 g/mol. The molecule has 98 valence electrons. The first kappa shape index (κ1) is 13.4. The molecule has 0 saturated carbocycles. The van der Waals surface area contributed by atoms with Gasteiger partial charge in [0.25, 0.3) is 5.91 Å². The molecule has 1 amide bonds. The van der Waals surface area contributed by atoms with Crippen molar-refractivity contribution in [2.24, 2.45) is 0 Å². The molecule has 1 heterocycles. The van der Waals surface area contributed by atoms with E-state index in [1.165, 1.54) is 0 Å². The van der Waals surface area contributed by atoms with Crippen molar-refractivity contribution in [1.82, 2.24) is 4.90 Å². The molecule has 18 heavy (non-hydrogen) atoms. The largest absolute Gasteiger partial charge is 0.496 e. The summed E-state index contributed by atoms with van der Waals surface area (Å²) < 4.78 is 6.11. The summed E-state index contributed by atoms with van der Waals surface area (Å²) in [4.78, 5) is 14.2. The number of hydrogen-bond acceptors (Lipinski definition) is 3. The first-order chi connectivity index (χ1) is 8.67. The van der Waals surface area contributed by atoms with Gasteiger partial charge in [-0.1, -0.05) is 15.9 Å². The zero-order valence-electron chi connectivity index (χ0n) is 10.2. The fraction of sp³-hybridized carbons (Fsp3) is 0.462. The predicted octanol–water partition coefficient (Wildman–Crippen LogP) is 2.05. The Hall–Kier alpha value is -1.07. The first-order valence-electron chi connectivity index (χ1n) is 5.92. The van der Waals surface area contributed by atoms with Gasteiger partial charge in [-0.3, -0.25) is 4.79 Å². The normalized spacial score (nSPS) is 19.1. The number of carbonyl (C=O) groups is 1. The van der Waals surface area contributed by atoms with Crippen molar-refractivity contribution < 1.29 is 14.6 Å². The number of ether oxygens (including phenoxy) is 1. The van der Waals surface area contributed by atoms with Crippen molar-refractivity contribution in [3.05, 3.63) is 28.2 Å². The van der Waals surface area contributed by atoms with Gasteiger partial charge in [-0.05, 0) is 31.0 Å². The van der Waals surface area contributed by atoms with Gasteiger partial charge >= 0.3 is 0 Å². The lowest BCUT2D eigenvalue weighted by molar-refractivity contribution is 0.0674. The van der Waals surface area contributed by atoms with Gasteiger partial charge in [0.05, 0.1) is 25.3 Å². The SMILES string of the molecule is COc1cc(Br)ccc1C(=O)N1CCCC1CO. The molecule has 1 aromatic carbocycles. The molecule has 0 radical (unpaired) electrons. The Morgan fingerprint density at radius 2 is 2.39 bits per heavy atom. The Bertz CT molecular complexity index is 450. The Morgan fingerprint density at radius 1 is 1.61 bits per heavy atom. The number of halogens is 1. The number of aliphatic hydroxyl groups is 1. The van der Waals surface area contributed by atoms with Gasteiger partial charge in [0.1, 0.15) is 5.75 Å². The molecular formula is C13H16BrNO3. The monoisotopic (exact) mass is 313 g/mol. The number of likely N-dealkylation sites (tertiary alicyclic amines) is 1. The van der Waals surface area contributed by atoms with Crippen LogP contribution in [0.25, 0.3) is 0 Å². The summed E-state index contributed by atoms with van der Waals surface area (Å²) in [7, 11) is 1.55. The number of aliphatic hydroxyl groups excluding tert-OH is 1. The maximum Gasteiger partial charge on any atom is 0.257 e. The van der Waals surface area contributed by atoms with E-state index in [0.29, 0.717) is 17.9 Å². The summed E-state index contributed by atoms with van der Waals surface area (Å²) in [6.45, 7) is 0.716. The molecule has 1 saturated heterocycles. The Morgan fingerprint density at radius 3 is 3.06 bits per heavy atom. The minimum atomic E-state index is -0.0732. The van der Waals surface area contributed by atoms with Gasteiger partial charge in [0.2, 0.25) is 0 Å². The number of methoxy groups -OCH3 is 1. The van der Waals surface area contributed by atoms with Crippen molar-refractivity contribution in [1.29, 1.82) is 0 Å². The summed E-state index contributed by atoms with van der Waals surface area (Å²) in [5, 5.41) is 9.27. The number of hydrogen-bond donors (Lipinski definition) is 1. The van der Waals surface area contributed by atoms with Crippen molar-refractivity contribution in [2.75, 3.05) is 20.3 Å². The lowest BCUT2D eigenvalue weighted by atomic mass is 10.1. The highest BCUT2D eigenvalue weighted by Gasteiger charge is 2.30. The topological polar surface area (TPSA) is 49.8 Å². The van der Waals surface area contributed by atoms with E-state index in [1.54, 1.807) is 24.1 Å². The minimum absolute atomic E-state index is 0.0184. The van der Waals surface area contributed by atoms with Crippen LogP contribution in [0, 0.1) is 0 Å². The van der Waals surface area contributed by atoms with Gasteiger partial charge < -0.3 is 14.7 Å². The van der Waals surface area contributed by atoms with Gasteiger partial charge in [-0.25, -0.2) is 0 Å². The van der Waals surface area contributed by atoms with Crippen molar-refractivity contribution in [3.63, 3.8) is 0 Å². The van der Waals surface area contributed by atoms with Crippen LogP contribution in [0.15, 0.2) is 22.7 Å². The van der Waals surface area contributed by atoms with Crippen LogP contribution in [0.3, 0.4) is 0 Å². The first-order valence-corrected chi connectivity index (χ1v) is 6.72. The lowest BCUT2D eigenvalue weighted by Crippen LogP contribution is -2.37. The molecule has 0 spiro atoms. The van der Waals surface area contributed by atoms with Gasteiger partial charge in [0, 0.05) is 11.0 Å². The van der Waals surface area contributed by atoms with E-state index in [-0.39, 0.29) is 18.6 Å². The number of amides is 1. The standard InChI is InChI=1S/C13H16BrNO3/c1-18-12-7-9(14)4-5-11(12)13(17)15-6-2-3-10(15)8-16/h4-5,7,10,16H,2-3,6,8H2,1H3. The minimum Gasteiger partial charge on any atom is -0.496 e. The molecule has 4 nitrogen and oxygen atoms in total. The third-order valence-corrected chi connectivity index (χ3v) is 3.74. The Kier molecular flexibility index (Phi) is 4.24. The van der Waals surface area contributed by atoms with Crippen LogP contribution in [0.5, 0.6) is 5.75 Å². The second kappa shape index (κ2) is 5.71. The highest BCUT2D eigenvalue weighted by Crippen LogP contribution is 2.27. The van der Waals surface area contributed by atoms with Crippen LogP contribution < -0.4 is 4.74 Å². The van der Waals surface area contributed by atoms with Crippen molar-refractivity contribution in [3.8, 4) is 5.75 Å². The third kappa shape index (κ3) is 2.52. The molecule has 0 bridgehead atoms. The number of carbonyl (C=O) groups excluding carboxylic acids is 1. The average Bonchev–Trinajstić information content (AvgIpc) is 2.86. The van der Waals surface area contributed by atoms with E-state index < -0.39 is 0 Å². The van der Waals surface area contributed by atoms with Crippen LogP contribution in [-0.2, 0) is 0 Å². The summed E-state index contributed by atoms with van der Waals surface area (Å²) in [6.07, 6.45) is 1.80. The fourth-order valence-electron chi connectivity index (χ4n) is 2.29. The molecule has 1 aliphatic rings. The number of nitrogens with zero attached hydrogens (tertiary/aromatic N) is 1. The smallest absolute Gasteiger partial charge is 0.257 e. The van der Waals surface area contributed by atoms with E-state index in [0.717, 1.165) is 17.3 Å². The quantitative estimate of drug-likeness (QED) is 0.929. The predicted molar refractivity (Wildman–Crippen MR) is 71.8 cm³/mol. The van der Waals surface area contributed by atoms with E-state index in [2.05, 4.69) is 15.9 Å².